The van der Waals surface area contributed by atoms with Crippen molar-refractivity contribution < 1.29 is 10.2 Å². The Morgan fingerprint density at radius 3 is 2.40 bits per heavy atom. The number of thiophene rings is 1. The van der Waals surface area contributed by atoms with Gasteiger partial charge in [0.2, 0.25) is 0 Å². The maximum absolute atomic E-state index is 9.67. The molecule has 0 aliphatic heterocycles. The standard InChI is InChI=1S/C12H20O2S/c1-3-4-11(13)12(14)8-7-10-6-5-9(2)15-10/h5-6,11-14H,3-4,7-8H2,1-2H3. The molecule has 0 amide bonds. The zero-order valence-corrected chi connectivity index (χ0v) is 10.3. The summed E-state index contributed by atoms with van der Waals surface area (Å²) in [6, 6.07) is 4.19. The van der Waals surface area contributed by atoms with Gasteiger partial charge in [-0.15, -0.1) is 11.3 Å². The van der Waals surface area contributed by atoms with E-state index >= 15 is 0 Å². The second-order valence-corrected chi connectivity index (χ2v) is 5.35. The SMILES string of the molecule is CCCC(O)C(O)CCc1ccc(C)s1. The Hall–Kier alpha value is -0.380. The van der Waals surface area contributed by atoms with Gasteiger partial charge in [-0.2, -0.15) is 0 Å². The first kappa shape index (κ1) is 12.7. The second kappa shape index (κ2) is 6.26. The van der Waals surface area contributed by atoms with Crippen LogP contribution in [0.25, 0.3) is 0 Å². The quantitative estimate of drug-likeness (QED) is 0.785. The third-order valence-electron chi connectivity index (χ3n) is 2.51. The summed E-state index contributed by atoms with van der Waals surface area (Å²) < 4.78 is 0. The van der Waals surface area contributed by atoms with Crippen molar-refractivity contribution >= 4 is 11.3 Å². The fraction of sp³-hybridized carbons (Fsp3) is 0.667. The molecule has 1 rings (SSSR count). The van der Waals surface area contributed by atoms with Crippen LogP contribution in [0.3, 0.4) is 0 Å². The Morgan fingerprint density at radius 1 is 1.20 bits per heavy atom. The van der Waals surface area contributed by atoms with E-state index < -0.39 is 12.2 Å². The van der Waals surface area contributed by atoms with E-state index in [-0.39, 0.29) is 0 Å². The van der Waals surface area contributed by atoms with Crippen molar-refractivity contribution in [2.75, 3.05) is 0 Å². The minimum Gasteiger partial charge on any atom is -0.390 e. The van der Waals surface area contributed by atoms with E-state index in [9.17, 15) is 10.2 Å². The average molecular weight is 228 g/mol. The Labute approximate surface area is 95.6 Å². The fourth-order valence-corrected chi connectivity index (χ4v) is 2.50. The molecule has 0 saturated heterocycles. The van der Waals surface area contributed by atoms with Crippen LogP contribution in [0, 0.1) is 6.92 Å². The highest BCUT2D eigenvalue weighted by Gasteiger charge is 2.15. The zero-order valence-electron chi connectivity index (χ0n) is 9.44. The molecule has 0 bridgehead atoms. The van der Waals surface area contributed by atoms with Crippen LogP contribution in [0.15, 0.2) is 12.1 Å². The molecule has 0 saturated carbocycles. The minimum absolute atomic E-state index is 0.559. The van der Waals surface area contributed by atoms with Crippen molar-refractivity contribution in [1.29, 1.82) is 0 Å². The first-order valence-corrected chi connectivity index (χ1v) is 6.36. The first-order valence-electron chi connectivity index (χ1n) is 5.55. The summed E-state index contributed by atoms with van der Waals surface area (Å²) in [6.07, 6.45) is 1.98. The number of hydrogen-bond donors (Lipinski definition) is 2. The molecule has 0 fully saturated rings. The average Bonchev–Trinajstić information content (AvgIpc) is 2.61. The van der Waals surface area contributed by atoms with Crippen LogP contribution >= 0.6 is 11.3 Å². The minimum atomic E-state index is -0.577. The summed E-state index contributed by atoms with van der Waals surface area (Å²) in [5.74, 6) is 0. The molecule has 0 spiro atoms. The third kappa shape index (κ3) is 4.33. The zero-order chi connectivity index (χ0) is 11.3. The van der Waals surface area contributed by atoms with Gasteiger partial charge >= 0.3 is 0 Å². The van der Waals surface area contributed by atoms with Gasteiger partial charge in [0.05, 0.1) is 12.2 Å². The Morgan fingerprint density at radius 2 is 1.87 bits per heavy atom. The van der Waals surface area contributed by atoms with E-state index in [1.54, 1.807) is 11.3 Å². The molecule has 0 aliphatic rings. The number of aliphatic hydroxyl groups excluding tert-OH is 2. The van der Waals surface area contributed by atoms with Crippen molar-refractivity contribution in [3.63, 3.8) is 0 Å². The molecule has 0 aromatic carbocycles. The normalized spacial score (nSPS) is 15.2. The number of aryl methyl sites for hydroxylation is 2. The van der Waals surface area contributed by atoms with E-state index in [0.717, 1.165) is 12.8 Å². The van der Waals surface area contributed by atoms with Gasteiger partial charge < -0.3 is 10.2 Å². The van der Waals surface area contributed by atoms with Gasteiger partial charge in [0.15, 0.2) is 0 Å². The molecule has 3 heteroatoms. The Kier molecular flexibility index (Phi) is 5.29. The van der Waals surface area contributed by atoms with Crippen LogP contribution in [0.2, 0.25) is 0 Å². The molecular weight excluding hydrogens is 208 g/mol. The summed E-state index contributed by atoms with van der Waals surface area (Å²) in [5, 5.41) is 19.2. The lowest BCUT2D eigenvalue weighted by molar-refractivity contribution is 0.00991. The van der Waals surface area contributed by atoms with Gasteiger partial charge in [-0.25, -0.2) is 0 Å². The smallest absolute Gasteiger partial charge is 0.0802 e. The predicted molar refractivity (Wildman–Crippen MR) is 64.3 cm³/mol. The third-order valence-corrected chi connectivity index (χ3v) is 3.57. The van der Waals surface area contributed by atoms with Crippen molar-refractivity contribution in [1.82, 2.24) is 0 Å². The molecule has 2 nitrogen and oxygen atoms in total. The highest BCUT2D eigenvalue weighted by atomic mass is 32.1. The van der Waals surface area contributed by atoms with Crippen LogP contribution < -0.4 is 0 Å². The van der Waals surface area contributed by atoms with Gasteiger partial charge in [-0.1, -0.05) is 13.3 Å². The van der Waals surface area contributed by atoms with E-state index in [1.807, 2.05) is 6.92 Å². The summed E-state index contributed by atoms with van der Waals surface area (Å²) >= 11 is 1.76. The van der Waals surface area contributed by atoms with E-state index in [1.165, 1.54) is 9.75 Å². The van der Waals surface area contributed by atoms with Crippen LogP contribution in [0.5, 0.6) is 0 Å². The molecule has 2 unspecified atom stereocenters. The lowest BCUT2D eigenvalue weighted by atomic mass is 10.0. The summed E-state index contributed by atoms with van der Waals surface area (Å²) in [5.41, 5.74) is 0. The Balaban J connectivity index is 2.30. The monoisotopic (exact) mass is 228 g/mol. The topological polar surface area (TPSA) is 40.5 Å². The van der Waals surface area contributed by atoms with Gasteiger partial charge in [-0.05, 0) is 38.3 Å². The van der Waals surface area contributed by atoms with E-state index in [2.05, 4.69) is 19.1 Å². The molecule has 1 heterocycles. The van der Waals surface area contributed by atoms with Crippen LogP contribution in [0.4, 0.5) is 0 Å². The van der Waals surface area contributed by atoms with Gasteiger partial charge in [0.1, 0.15) is 0 Å². The Bertz CT molecular complexity index is 283. The van der Waals surface area contributed by atoms with Crippen LogP contribution in [-0.2, 0) is 6.42 Å². The second-order valence-electron chi connectivity index (χ2n) is 3.97. The summed E-state index contributed by atoms with van der Waals surface area (Å²) in [6.45, 7) is 4.09. The highest BCUT2D eigenvalue weighted by Crippen LogP contribution is 2.18. The lowest BCUT2D eigenvalue weighted by Gasteiger charge is -2.16. The van der Waals surface area contributed by atoms with Crippen molar-refractivity contribution in [2.45, 2.75) is 51.7 Å². The maximum Gasteiger partial charge on any atom is 0.0802 e. The van der Waals surface area contributed by atoms with E-state index in [4.69, 9.17) is 0 Å². The molecule has 2 atom stereocenters. The van der Waals surface area contributed by atoms with Crippen molar-refractivity contribution in [3.05, 3.63) is 21.9 Å². The van der Waals surface area contributed by atoms with Gasteiger partial charge in [0.25, 0.3) is 0 Å². The van der Waals surface area contributed by atoms with Crippen molar-refractivity contribution in [3.8, 4) is 0 Å². The molecule has 1 aromatic rings. The number of hydrogen-bond acceptors (Lipinski definition) is 3. The van der Waals surface area contributed by atoms with Crippen LogP contribution in [0.1, 0.15) is 35.9 Å². The predicted octanol–water partition coefficient (Wildman–Crippen LogP) is 2.51. The molecule has 1 aromatic heterocycles. The largest absolute Gasteiger partial charge is 0.390 e. The maximum atomic E-state index is 9.67. The summed E-state index contributed by atoms with van der Waals surface area (Å²) in [7, 11) is 0. The molecule has 15 heavy (non-hydrogen) atoms. The number of rotatable bonds is 6. The summed E-state index contributed by atoms with van der Waals surface area (Å²) in [4.78, 5) is 2.59. The van der Waals surface area contributed by atoms with Gasteiger partial charge in [0, 0.05) is 9.75 Å². The molecule has 0 radical (unpaired) electrons. The first-order chi connectivity index (χ1) is 7.13. The lowest BCUT2D eigenvalue weighted by Crippen LogP contribution is -2.25. The van der Waals surface area contributed by atoms with Crippen molar-refractivity contribution in [2.24, 2.45) is 0 Å². The molecular formula is C12H20O2S. The van der Waals surface area contributed by atoms with Crippen LogP contribution in [-0.4, -0.2) is 22.4 Å². The molecule has 2 N–H and O–H groups in total. The van der Waals surface area contributed by atoms with E-state index in [0.29, 0.717) is 12.8 Å². The fourth-order valence-electron chi connectivity index (χ4n) is 1.59. The molecule has 0 aliphatic carbocycles. The van der Waals surface area contributed by atoms with Gasteiger partial charge in [-0.3, -0.25) is 0 Å². The molecule has 86 valence electrons. The number of aliphatic hydroxyl groups is 2. The highest BCUT2D eigenvalue weighted by molar-refractivity contribution is 7.11.